The second-order valence-corrected chi connectivity index (χ2v) is 6.25. The standard InChI is InChI=1S/C22H21FN2O4/c1-3-11-25-21(26)18(24-22(25)27)12-16-7-10-19(20(13-16)28-4-2)29-14-15-5-8-17(23)9-6-15/h3,5-10,12-13H,1,4,11,14H2,2H3,(H,24,27)/b18-12-. The lowest BCUT2D eigenvalue weighted by atomic mass is 10.1. The van der Waals surface area contributed by atoms with Crippen LogP contribution in [0.25, 0.3) is 6.08 Å². The SMILES string of the molecule is C=CCN1C(=O)N/C(=C\c2ccc(OCc3ccc(F)cc3)c(OCC)c2)C1=O. The monoisotopic (exact) mass is 396 g/mol. The highest BCUT2D eigenvalue weighted by molar-refractivity contribution is 6.14. The van der Waals surface area contributed by atoms with Gasteiger partial charge in [-0.25, -0.2) is 9.18 Å². The number of amides is 3. The van der Waals surface area contributed by atoms with E-state index in [0.717, 1.165) is 10.5 Å². The molecule has 2 aromatic carbocycles. The van der Waals surface area contributed by atoms with E-state index in [0.29, 0.717) is 23.7 Å². The molecule has 1 aliphatic heterocycles. The fraction of sp³-hybridized carbons (Fsp3) is 0.182. The van der Waals surface area contributed by atoms with Crippen LogP contribution in [0.5, 0.6) is 11.5 Å². The number of carbonyl (C=O) groups is 2. The summed E-state index contributed by atoms with van der Waals surface area (Å²) >= 11 is 0. The van der Waals surface area contributed by atoms with E-state index in [1.807, 2.05) is 6.92 Å². The van der Waals surface area contributed by atoms with Crippen molar-refractivity contribution in [1.82, 2.24) is 10.2 Å². The zero-order valence-corrected chi connectivity index (χ0v) is 16.0. The molecule has 0 spiro atoms. The van der Waals surface area contributed by atoms with Crippen LogP contribution in [0.15, 0.2) is 60.8 Å². The number of carbonyl (C=O) groups excluding carboxylic acids is 2. The Labute approximate surface area is 168 Å². The number of imide groups is 1. The topological polar surface area (TPSA) is 67.9 Å². The number of nitrogens with zero attached hydrogens (tertiary/aromatic N) is 1. The third-order valence-electron chi connectivity index (χ3n) is 4.16. The van der Waals surface area contributed by atoms with Crippen molar-refractivity contribution in [2.75, 3.05) is 13.2 Å². The van der Waals surface area contributed by atoms with Crippen LogP contribution in [0.3, 0.4) is 0 Å². The third-order valence-corrected chi connectivity index (χ3v) is 4.16. The number of hydrogen-bond acceptors (Lipinski definition) is 4. The van der Waals surface area contributed by atoms with Gasteiger partial charge < -0.3 is 14.8 Å². The predicted octanol–water partition coefficient (Wildman–Crippen LogP) is 3.88. The number of benzene rings is 2. The second-order valence-electron chi connectivity index (χ2n) is 6.25. The molecule has 3 rings (SSSR count). The maximum absolute atomic E-state index is 13.0. The zero-order chi connectivity index (χ0) is 20.8. The molecular formula is C22H21FN2O4. The molecule has 29 heavy (non-hydrogen) atoms. The fourth-order valence-corrected chi connectivity index (χ4v) is 2.78. The Morgan fingerprint density at radius 2 is 1.86 bits per heavy atom. The smallest absolute Gasteiger partial charge is 0.329 e. The predicted molar refractivity (Wildman–Crippen MR) is 107 cm³/mol. The van der Waals surface area contributed by atoms with Gasteiger partial charge in [-0.3, -0.25) is 9.69 Å². The maximum atomic E-state index is 13.0. The van der Waals surface area contributed by atoms with Crippen LogP contribution < -0.4 is 14.8 Å². The minimum absolute atomic E-state index is 0.141. The summed E-state index contributed by atoms with van der Waals surface area (Å²) in [7, 11) is 0. The van der Waals surface area contributed by atoms with Crippen molar-refractivity contribution in [2.45, 2.75) is 13.5 Å². The summed E-state index contributed by atoms with van der Waals surface area (Å²) in [6, 6.07) is 10.8. The van der Waals surface area contributed by atoms with Gasteiger partial charge in [0, 0.05) is 6.54 Å². The molecule has 2 aromatic rings. The molecule has 0 bridgehead atoms. The third kappa shape index (κ3) is 4.82. The summed E-state index contributed by atoms with van der Waals surface area (Å²) in [5.74, 6) is 0.308. The average Bonchev–Trinajstić information content (AvgIpc) is 2.97. The summed E-state index contributed by atoms with van der Waals surface area (Å²) < 4.78 is 24.5. The molecule has 6 nitrogen and oxygen atoms in total. The van der Waals surface area contributed by atoms with Gasteiger partial charge in [-0.15, -0.1) is 6.58 Å². The molecule has 1 aliphatic rings. The molecule has 0 atom stereocenters. The van der Waals surface area contributed by atoms with Crippen molar-refractivity contribution >= 4 is 18.0 Å². The highest BCUT2D eigenvalue weighted by Gasteiger charge is 2.32. The lowest BCUT2D eigenvalue weighted by molar-refractivity contribution is -0.122. The summed E-state index contributed by atoms with van der Waals surface area (Å²) in [6.07, 6.45) is 3.07. The Bertz CT molecular complexity index is 954. The molecule has 0 saturated carbocycles. The van der Waals surface area contributed by atoms with Crippen molar-refractivity contribution in [3.63, 3.8) is 0 Å². The molecule has 1 fully saturated rings. The van der Waals surface area contributed by atoms with Gasteiger partial charge in [0.1, 0.15) is 18.1 Å². The zero-order valence-electron chi connectivity index (χ0n) is 16.0. The quantitative estimate of drug-likeness (QED) is 0.418. The Hall–Kier alpha value is -3.61. The summed E-state index contributed by atoms with van der Waals surface area (Å²) in [4.78, 5) is 25.3. The first-order chi connectivity index (χ1) is 14.0. The van der Waals surface area contributed by atoms with Gasteiger partial charge in [0.05, 0.1) is 6.61 Å². The van der Waals surface area contributed by atoms with Crippen molar-refractivity contribution < 1.29 is 23.5 Å². The van der Waals surface area contributed by atoms with Crippen molar-refractivity contribution in [3.05, 3.63) is 77.8 Å². The largest absolute Gasteiger partial charge is 0.490 e. The van der Waals surface area contributed by atoms with Crippen LogP contribution in [0.4, 0.5) is 9.18 Å². The van der Waals surface area contributed by atoms with Crippen molar-refractivity contribution in [3.8, 4) is 11.5 Å². The summed E-state index contributed by atoms with van der Waals surface area (Å²) in [5, 5.41) is 2.55. The first kappa shape index (κ1) is 20.1. The van der Waals surface area contributed by atoms with E-state index in [2.05, 4.69) is 11.9 Å². The Balaban J connectivity index is 1.78. The van der Waals surface area contributed by atoms with Crippen LogP contribution >= 0.6 is 0 Å². The molecule has 0 aromatic heterocycles. The second kappa shape index (κ2) is 9.05. The maximum Gasteiger partial charge on any atom is 0.329 e. The number of halogens is 1. The first-order valence-corrected chi connectivity index (χ1v) is 9.11. The lowest BCUT2D eigenvalue weighted by Gasteiger charge is -2.13. The van der Waals surface area contributed by atoms with Gasteiger partial charge >= 0.3 is 6.03 Å². The van der Waals surface area contributed by atoms with Crippen LogP contribution in [-0.2, 0) is 11.4 Å². The number of hydrogen-bond donors (Lipinski definition) is 1. The highest BCUT2D eigenvalue weighted by Crippen LogP contribution is 2.30. The van der Waals surface area contributed by atoms with E-state index in [-0.39, 0.29) is 24.7 Å². The molecule has 3 amide bonds. The average molecular weight is 396 g/mol. The van der Waals surface area contributed by atoms with Gasteiger partial charge in [0.15, 0.2) is 11.5 Å². The molecule has 0 aliphatic carbocycles. The normalized spacial score (nSPS) is 14.8. The first-order valence-electron chi connectivity index (χ1n) is 9.11. The van der Waals surface area contributed by atoms with E-state index in [4.69, 9.17) is 9.47 Å². The van der Waals surface area contributed by atoms with Gasteiger partial charge in [-0.05, 0) is 48.4 Å². The number of ether oxygens (including phenoxy) is 2. The van der Waals surface area contributed by atoms with E-state index in [1.165, 1.54) is 18.2 Å². The molecule has 1 heterocycles. The van der Waals surface area contributed by atoms with E-state index >= 15 is 0 Å². The van der Waals surface area contributed by atoms with Crippen LogP contribution in [0.2, 0.25) is 0 Å². The number of urea groups is 1. The van der Waals surface area contributed by atoms with Crippen LogP contribution in [-0.4, -0.2) is 30.0 Å². The minimum atomic E-state index is -0.481. The number of nitrogens with one attached hydrogen (secondary N) is 1. The van der Waals surface area contributed by atoms with E-state index < -0.39 is 11.9 Å². The Morgan fingerprint density at radius 1 is 1.10 bits per heavy atom. The highest BCUT2D eigenvalue weighted by atomic mass is 19.1. The van der Waals surface area contributed by atoms with E-state index in [1.54, 1.807) is 36.4 Å². The molecule has 0 unspecified atom stereocenters. The molecular weight excluding hydrogens is 375 g/mol. The molecule has 7 heteroatoms. The van der Waals surface area contributed by atoms with Crippen molar-refractivity contribution in [1.29, 1.82) is 0 Å². The van der Waals surface area contributed by atoms with Gasteiger partial charge in [-0.1, -0.05) is 24.3 Å². The molecule has 150 valence electrons. The molecule has 1 saturated heterocycles. The van der Waals surface area contributed by atoms with Gasteiger partial charge in [-0.2, -0.15) is 0 Å². The summed E-state index contributed by atoms with van der Waals surface area (Å²) in [5.41, 5.74) is 1.67. The van der Waals surface area contributed by atoms with Crippen LogP contribution in [0, 0.1) is 5.82 Å². The summed E-state index contributed by atoms with van der Waals surface area (Å²) in [6.45, 7) is 6.22. The fourth-order valence-electron chi connectivity index (χ4n) is 2.78. The lowest BCUT2D eigenvalue weighted by Crippen LogP contribution is -2.30. The molecule has 0 radical (unpaired) electrons. The Morgan fingerprint density at radius 3 is 2.55 bits per heavy atom. The Kier molecular flexibility index (Phi) is 6.29. The van der Waals surface area contributed by atoms with Gasteiger partial charge in [0.25, 0.3) is 5.91 Å². The number of rotatable bonds is 8. The van der Waals surface area contributed by atoms with Gasteiger partial charge in [0.2, 0.25) is 0 Å². The van der Waals surface area contributed by atoms with Crippen molar-refractivity contribution in [2.24, 2.45) is 0 Å². The molecule has 1 N–H and O–H groups in total. The minimum Gasteiger partial charge on any atom is -0.490 e. The van der Waals surface area contributed by atoms with E-state index in [9.17, 15) is 14.0 Å². The van der Waals surface area contributed by atoms with Crippen LogP contribution in [0.1, 0.15) is 18.1 Å².